The fourth-order valence-electron chi connectivity index (χ4n) is 3.08. The number of carboxylic acid groups (broad SMARTS) is 1. The number of nitrogens with zero attached hydrogens (tertiary/aromatic N) is 1. The van der Waals surface area contributed by atoms with Gasteiger partial charge in [-0.15, -0.1) is 0 Å². The summed E-state index contributed by atoms with van der Waals surface area (Å²) in [6, 6.07) is 3.87. The van der Waals surface area contributed by atoms with Crippen LogP contribution in [0.1, 0.15) is 18.9 Å². The van der Waals surface area contributed by atoms with Crippen molar-refractivity contribution in [3.05, 3.63) is 34.1 Å². The Labute approximate surface area is 130 Å². The Morgan fingerprint density at radius 1 is 1.62 bits per heavy atom. The molecule has 0 bridgehead atoms. The summed E-state index contributed by atoms with van der Waals surface area (Å²) in [5.41, 5.74) is 5.48. The van der Waals surface area contributed by atoms with E-state index in [2.05, 4.69) is 15.9 Å². The molecular weight excluding hydrogens is 343 g/mol. The van der Waals surface area contributed by atoms with Crippen molar-refractivity contribution in [1.82, 2.24) is 4.90 Å². The van der Waals surface area contributed by atoms with E-state index >= 15 is 0 Å². The van der Waals surface area contributed by atoms with E-state index in [4.69, 9.17) is 5.73 Å². The lowest BCUT2D eigenvalue weighted by molar-refractivity contribution is 0.105. The highest BCUT2D eigenvalue weighted by atomic mass is 79.9. The number of rotatable bonds is 3. The molecule has 0 radical (unpaired) electrons. The Morgan fingerprint density at radius 3 is 2.86 bits per heavy atom. The van der Waals surface area contributed by atoms with Crippen LogP contribution in [0.5, 0.6) is 0 Å². The molecule has 2 rings (SSSR count). The first-order chi connectivity index (χ1) is 9.80. The van der Waals surface area contributed by atoms with Crippen LogP contribution in [0.4, 0.5) is 9.18 Å². The predicted molar refractivity (Wildman–Crippen MR) is 79.5 cm³/mol. The first kappa shape index (κ1) is 16.2. The molecule has 0 aliphatic carbocycles. The second-order valence-electron chi connectivity index (χ2n) is 5.57. The Morgan fingerprint density at radius 2 is 2.29 bits per heavy atom. The molecule has 21 heavy (non-hydrogen) atoms. The van der Waals surface area contributed by atoms with E-state index < -0.39 is 23.5 Å². The molecule has 1 aliphatic rings. The maximum Gasteiger partial charge on any atom is 0.407 e. The standard InChI is InChI=1S/C14H18BrFN2O3/c1-8-6-14(17,7-19)11(18(8)13(20)21)5-9-3-2-4-10(15)12(9)16/h2-4,8,11,19H,5-7,17H2,1H3,(H,20,21)/t8-,11?,14?/m1/s1. The van der Waals surface area contributed by atoms with E-state index in [0.717, 1.165) is 0 Å². The van der Waals surface area contributed by atoms with Crippen LogP contribution in [-0.2, 0) is 6.42 Å². The molecule has 1 heterocycles. The molecule has 3 atom stereocenters. The number of carbonyl (C=O) groups is 1. The van der Waals surface area contributed by atoms with E-state index in [9.17, 15) is 19.4 Å². The molecule has 116 valence electrons. The minimum absolute atomic E-state index is 0.124. The first-order valence-corrected chi connectivity index (χ1v) is 7.43. The zero-order valence-corrected chi connectivity index (χ0v) is 13.2. The number of hydrogen-bond acceptors (Lipinski definition) is 3. The van der Waals surface area contributed by atoms with Gasteiger partial charge in [0.1, 0.15) is 5.82 Å². The van der Waals surface area contributed by atoms with Gasteiger partial charge in [0.05, 0.1) is 22.7 Å². The minimum atomic E-state index is -1.11. The minimum Gasteiger partial charge on any atom is -0.465 e. The van der Waals surface area contributed by atoms with E-state index in [0.29, 0.717) is 16.5 Å². The summed E-state index contributed by atoms with van der Waals surface area (Å²) in [5, 5.41) is 18.9. The zero-order valence-electron chi connectivity index (χ0n) is 11.6. The quantitative estimate of drug-likeness (QED) is 0.768. The predicted octanol–water partition coefficient (Wildman–Crippen LogP) is 1.96. The molecule has 1 amide bonds. The van der Waals surface area contributed by atoms with Gasteiger partial charge in [-0.2, -0.15) is 0 Å². The number of aliphatic hydroxyl groups is 1. The first-order valence-electron chi connectivity index (χ1n) is 6.64. The van der Waals surface area contributed by atoms with Gasteiger partial charge in [0.15, 0.2) is 0 Å². The van der Waals surface area contributed by atoms with Crippen LogP contribution in [0.25, 0.3) is 0 Å². The molecule has 0 spiro atoms. The molecule has 4 N–H and O–H groups in total. The van der Waals surface area contributed by atoms with Gasteiger partial charge in [-0.05, 0) is 47.3 Å². The van der Waals surface area contributed by atoms with Gasteiger partial charge >= 0.3 is 6.09 Å². The van der Waals surface area contributed by atoms with E-state index in [-0.39, 0.29) is 19.1 Å². The molecule has 0 saturated carbocycles. The van der Waals surface area contributed by atoms with E-state index in [1.54, 1.807) is 25.1 Å². The zero-order chi connectivity index (χ0) is 15.8. The summed E-state index contributed by atoms with van der Waals surface area (Å²) in [6.45, 7) is 1.39. The smallest absolute Gasteiger partial charge is 0.407 e. The summed E-state index contributed by atoms with van der Waals surface area (Å²) < 4.78 is 14.4. The van der Waals surface area contributed by atoms with Crippen LogP contribution < -0.4 is 5.73 Å². The van der Waals surface area contributed by atoms with Gasteiger partial charge < -0.3 is 20.8 Å². The molecule has 2 unspecified atom stereocenters. The third kappa shape index (κ3) is 2.90. The number of benzene rings is 1. The fourth-order valence-corrected chi connectivity index (χ4v) is 3.48. The van der Waals surface area contributed by atoms with Crippen LogP contribution in [0.15, 0.2) is 22.7 Å². The summed E-state index contributed by atoms with van der Waals surface area (Å²) in [6.07, 6.45) is -0.640. The van der Waals surface area contributed by atoms with Crippen molar-refractivity contribution in [2.45, 2.75) is 37.4 Å². The van der Waals surface area contributed by atoms with Crippen molar-refractivity contribution in [3.8, 4) is 0 Å². The van der Waals surface area contributed by atoms with Crippen LogP contribution in [0.2, 0.25) is 0 Å². The highest BCUT2D eigenvalue weighted by molar-refractivity contribution is 9.10. The highest BCUT2D eigenvalue weighted by Crippen LogP contribution is 2.34. The molecule has 1 aromatic carbocycles. The van der Waals surface area contributed by atoms with Gasteiger partial charge in [0.2, 0.25) is 0 Å². The molecule has 0 aromatic heterocycles. The van der Waals surface area contributed by atoms with Crippen LogP contribution in [0, 0.1) is 5.82 Å². The lowest BCUT2D eigenvalue weighted by Gasteiger charge is -2.33. The fraction of sp³-hybridized carbons (Fsp3) is 0.500. The molecule has 1 saturated heterocycles. The van der Waals surface area contributed by atoms with Crippen molar-refractivity contribution in [2.75, 3.05) is 6.61 Å². The molecule has 5 nitrogen and oxygen atoms in total. The number of halogens is 2. The summed E-state index contributed by atoms with van der Waals surface area (Å²) in [4.78, 5) is 12.7. The number of amides is 1. The Hall–Kier alpha value is -1.18. The van der Waals surface area contributed by atoms with Crippen LogP contribution in [-0.4, -0.2) is 45.4 Å². The highest BCUT2D eigenvalue weighted by Gasteiger charge is 2.50. The number of hydrogen-bond donors (Lipinski definition) is 3. The lowest BCUT2D eigenvalue weighted by atomic mass is 9.87. The molecular formula is C14H18BrFN2O3. The van der Waals surface area contributed by atoms with Crippen molar-refractivity contribution in [1.29, 1.82) is 0 Å². The van der Waals surface area contributed by atoms with Gasteiger partial charge in [-0.1, -0.05) is 12.1 Å². The maximum absolute atomic E-state index is 14.1. The third-order valence-electron chi connectivity index (χ3n) is 4.11. The van der Waals surface area contributed by atoms with Crippen LogP contribution >= 0.6 is 15.9 Å². The van der Waals surface area contributed by atoms with Crippen molar-refractivity contribution in [3.63, 3.8) is 0 Å². The maximum atomic E-state index is 14.1. The average molecular weight is 361 g/mol. The number of nitrogens with two attached hydrogens (primary N) is 1. The molecule has 1 fully saturated rings. The SMILES string of the molecule is C[C@@H]1CC(N)(CO)C(Cc2cccc(Br)c2F)N1C(=O)O. The van der Waals surface area contributed by atoms with Gasteiger partial charge in [-0.25, -0.2) is 9.18 Å². The largest absolute Gasteiger partial charge is 0.465 e. The third-order valence-corrected chi connectivity index (χ3v) is 4.72. The topological polar surface area (TPSA) is 86.8 Å². The summed E-state index contributed by atoms with van der Waals surface area (Å²) >= 11 is 3.11. The lowest BCUT2D eigenvalue weighted by Crippen LogP contribution is -2.56. The Balaban J connectivity index is 2.37. The second kappa shape index (κ2) is 5.90. The van der Waals surface area contributed by atoms with Crippen LogP contribution in [0.3, 0.4) is 0 Å². The van der Waals surface area contributed by atoms with Gasteiger partial charge in [0, 0.05) is 6.04 Å². The monoisotopic (exact) mass is 360 g/mol. The normalized spacial score (nSPS) is 28.9. The van der Waals surface area contributed by atoms with Crippen molar-refractivity contribution < 1.29 is 19.4 Å². The van der Waals surface area contributed by atoms with Gasteiger partial charge in [-0.3, -0.25) is 0 Å². The molecule has 1 aliphatic heterocycles. The Kier molecular flexibility index (Phi) is 4.55. The molecule has 1 aromatic rings. The van der Waals surface area contributed by atoms with Crippen molar-refractivity contribution in [2.24, 2.45) is 5.73 Å². The summed E-state index contributed by atoms with van der Waals surface area (Å²) in [7, 11) is 0. The average Bonchev–Trinajstić information content (AvgIpc) is 2.67. The van der Waals surface area contributed by atoms with E-state index in [1.807, 2.05) is 0 Å². The number of aliphatic hydroxyl groups excluding tert-OH is 1. The molecule has 7 heteroatoms. The Bertz CT molecular complexity index is 557. The van der Waals surface area contributed by atoms with Crippen molar-refractivity contribution >= 4 is 22.0 Å². The number of likely N-dealkylation sites (tertiary alicyclic amines) is 1. The van der Waals surface area contributed by atoms with E-state index in [1.165, 1.54) is 4.90 Å². The second-order valence-corrected chi connectivity index (χ2v) is 6.42. The van der Waals surface area contributed by atoms with Gasteiger partial charge in [0.25, 0.3) is 0 Å². The summed E-state index contributed by atoms with van der Waals surface area (Å²) in [5.74, 6) is -0.428.